The second kappa shape index (κ2) is 10.6. The van der Waals surface area contributed by atoms with E-state index in [2.05, 4.69) is 34.5 Å². The molecule has 4 heterocycles. The molecule has 1 saturated heterocycles. The molecule has 0 bridgehead atoms. The molecule has 1 aromatic carbocycles. The van der Waals surface area contributed by atoms with Gasteiger partial charge in [-0.05, 0) is 68.1 Å². The Hall–Kier alpha value is -2.99. The van der Waals surface area contributed by atoms with Gasteiger partial charge in [-0.25, -0.2) is 0 Å². The van der Waals surface area contributed by atoms with Crippen molar-refractivity contribution in [3.05, 3.63) is 58.8 Å². The van der Waals surface area contributed by atoms with Crippen molar-refractivity contribution in [3.63, 3.8) is 0 Å². The van der Waals surface area contributed by atoms with Gasteiger partial charge < -0.3 is 9.88 Å². The molecule has 0 saturated carbocycles. The monoisotopic (exact) mass is 433 g/mol. The second-order valence-electron chi connectivity index (χ2n) is 7.70. The summed E-state index contributed by atoms with van der Waals surface area (Å²) in [7, 11) is 1.93. The summed E-state index contributed by atoms with van der Waals surface area (Å²) < 4.78 is 3.72. The summed E-state index contributed by atoms with van der Waals surface area (Å²) in [5.74, 6) is 0. The van der Waals surface area contributed by atoms with Gasteiger partial charge in [0.1, 0.15) is 0 Å². The molecule has 0 spiro atoms. The molecule has 0 atom stereocenters. The van der Waals surface area contributed by atoms with Crippen molar-refractivity contribution >= 4 is 21.7 Å². The third-order valence-corrected chi connectivity index (χ3v) is 5.73. The normalized spacial score (nSPS) is 13.9. The van der Waals surface area contributed by atoms with Gasteiger partial charge in [-0.1, -0.05) is 27.7 Å². The minimum atomic E-state index is 0.0577. The minimum Gasteiger partial charge on any atom is -0.317 e. The van der Waals surface area contributed by atoms with E-state index in [1.165, 1.54) is 0 Å². The Balaban J connectivity index is 0.000000686. The quantitative estimate of drug-likeness (QED) is 0.470. The molecular formula is C26H35N5O. The smallest absolute Gasteiger partial charge is 0.260 e. The van der Waals surface area contributed by atoms with Crippen molar-refractivity contribution in [2.75, 3.05) is 13.1 Å². The van der Waals surface area contributed by atoms with Gasteiger partial charge >= 0.3 is 0 Å². The molecule has 0 aliphatic carbocycles. The van der Waals surface area contributed by atoms with E-state index in [-0.39, 0.29) is 11.6 Å². The number of aromatic nitrogens is 4. The molecule has 5 rings (SSSR count). The number of fused-ring (bicyclic) bond motifs is 2. The van der Waals surface area contributed by atoms with Crippen LogP contribution in [0.2, 0.25) is 0 Å². The standard InChI is InChI=1S/C22H23N5O.2C2H6/c1-14-9-16(10-17-13-26(2)25-21(14)17)20-11-15-5-8-27(18-3-6-23-7-4-18)22(28)19(15)12-24-20;2*1-2/h5,8-13,18,23H,3-4,6-7H2,1-2H3;2*1-2H3. The highest BCUT2D eigenvalue weighted by Gasteiger charge is 2.17. The lowest BCUT2D eigenvalue weighted by molar-refractivity contribution is 0.362. The van der Waals surface area contributed by atoms with Crippen LogP contribution in [0, 0.1) is 6.92 Å². The molecule has 0 amide bonds. The van der Waals surface area contributed by atoms with Crippen LogP contribution in [-0.2, 0) is 7.05 Å². The van der Waals surface area contributed by atoms with Crippen LogP contribution in [0.5, 0.6) is 0 Å². The van der Waals surface area contributed by atoms with Crippen LogP contribution >= 0.6 is 0 Å². The highest BCUT2D eigenvalue weighted by Crippen LogP contribution is 2.27. The Morgan fingerprint density at radius 3 is 2.47 bits per heavy atom. The third-order valence-electron chi connectivity index (χ3n) is 5.73. The molecule has 6 nitrogen and oxygen atoms in total. The number of rotatable bonds is 2. The SMILES string of the molecule is CC.CC.Cc1cc(-c2cc3ccn(C4CCNCC4)c(=O)c3cn2)cc2cn(C)nc12. The highest BCUT2D eigenvalue weighted by molar-refractivity contribution is 5.89. The summed E-state index contributed by atoms with van der Waals surface area (Å²) in [6.45, 7) is 12.0. The first-order valence-electron chi connectivity index (χ1n) is 11.8. The molecule has 1 fully saturated rings. The Bertz CT molecular complexity index is 1250. The van der Waals surface area contributed by atoms with E-state index in [9.17, 15) is 4.79 Å². The van der Waals surface area contributed by atoms with Crippen LogP contribution in [0.4, 0.5) is 0 Å². The van der Waals surface area contributed by atoms with E-state index < -0.39 is 0 Å². The molecule has 3 aromatic heterocycles. The van der Waals surface area contributed by atoms with Crippen molar-refractivity contribution in [2.24, 2.45) is 7.05 Å². The van der Waals surface area contributed by atoms with Crippen LogP contribution in [0.1, 0.15) is 52.1 Å². The van der Waals surface area contributed by atoms with Crippen LogP contribution in [0.3, 0.4) is 0 Å². The van der Waals surface area contributed by atoms with Gasteiger partial charge in [-0.3, -0.25) is 14.5 Å². The van der Waals surface area contributed by atoms with Gasteiger partial charge in [0.2, 0.25) is 0 Å². The Morgan fingerprint density at radius 2 is 1.75 bits per heavy atom. The van der Waals surface area contributed by atoms with E-state index in [4.69, 9.17) is 0 Å². The van der Waals surface area contributed by atoms with Crippen LogP contribution < -0.4 is 10.9 Å². The van der Waals surface area contributed by atoms with E-state index in [0.29, 0.717) is 5.39 Å². The average molecular weight is 434 g/mol. The van der Waals surface area contributed by atoms with Crippen LogP contribution in [-0.4, -0.2) is 32.4 Å². The third kappa shape index (κ3) is 4.60. The molecule has 0 unspecified atom stereocenters. The van der Waals surface area contributed by atoms with E-state index in [0.717, 1.165) is 59.0 Å². The molecular weight excluding hydrogens is 398 g/mol. The van der Waals surface area contributed by atoms with Crippen molar-refractivity contribution in [2.45, 2.75) is 53.5 Å². The fourth-order valence-electron chi connectivity index (χ4n) is 4.26. The molecule has 1 aliphatic heterocycles. The fourth-order valence-corrected chi connectivity index (χ4v) is 4.26. The number of nitrogens with zero attached hydrogens (tertiary/aromatic N) is 4. The fraction of sp³-hybridized carbons (Fsp3) is 0.423. The largest absolute Gasteiger partial charge is 0.317 e. The lowest BCUT2D eigenvalue weighted by Crippen LogP contribution is -2.34. The topological polar surface area (TPSA) is 64.7 Å². The van der Waals surface area contributed by atoms with E-state index in [1.807, 2.05) is 68.5 Å². The Morgan fingerprint density at radius 1 is 1.03 bits per heavy atom. The number of hydrogen-bond acceptors (Lipinski definition) is 4. The summed E-state index contributed by atoms with van der Waals surface area (Å²) >= 11 is 0. The predicted molar refractivity (Wildman–Crippen MR) is 134 cm³/mol. The highest BCUT2D eigenvalue weighted by atomic mass is 16.1. The molecule has 32 heavy (non-hydrogen) atoms. The first kappa shape index (κ1) is 23.7. The minimum absolute atomic E-state index is 0.0577. The maximum absolute atomic E-state index is 13.0. The van der Waals surface area contributed by atoms with Crippen molar-refractivity contribution < 1.29 is 0 Å². The zero-order valence-electron chi connectivity index (χ0n) is 20.1. The Labute approximate surface area is 190 Å². The van der Waals surface area contributed by atoms with E-state index in [1.54, 1.807) is 6.20 Å². The molecule has 1 aliphatic rings. The lowest BCUT2D eigenvalue weighted by atomic mass is 10.0. The lowest BCUT2D eigenvalue weighted by Gasteiger charge is -2.25. The van der Waals surface area contributed by atoms with Gasteiger partial charge in [0.05, 0.1) is 16.6 Å². The summed E-state index contributed by atoms with van der Waals surface area (Å²) in [4.78, 5) is 17.6. The first-order valence-corrected chi connectivity index (χ1v) is 11.8. The van der Waals surface area contributed by atoms with Crippen molar-refractivity contribution in [3.8, 4) is 11.3 Å². The van der Waals surface area contributed by atoms with Gasteiger partial charge in [0.25, 0.3) is 5.56 Å². The number of nitrogens with one attached hydrogen (secondary N) is 1. The summed E-state index contributed by atoms with van der Waals surface area (Å²) in [6, 6.07) is 8.55. The summed E-state index contributed by atoms with van der Waals surface area (Å²) in [5, 5.41) is 10.6. The summed E-state index contributed by atoms with van der Waals surface area (Å²) in [6.07, 6.45) is 7.67. The van der Waals surface area contributed by atoms with Gasteiger partial charge in [-0.15, -0.1) is 0 Å². The molecule has 0 radical (unpaired) electrons. The number of aryl methyl sites for hydroxylation is 2. The maximum Gasteiger partial charge on any atom is 0.260 e. The van der Waals surface area contributed by atoms with Crippen LogP contribution in [0.25, 0.3) is 32.9 Å². The van der Waals surface area contributed by atoms with Crippen molar-refractivity contribution in [1.29, 1.82) is 0 Å². The maximum atomic E-state index is 13.0. The first-order chi connectivity index (χ1) is 15.6. The number of hydrogen-bond donors (Lipinski definition) is 1. The molecule has 4 aromatic rings. The molecule has 1 N–H and O–H groups in total. The zero-order chi connectivity index (χ0) is 23.3. The molecule has 170 valence electrons. The van der Waals surface area contributed by atoms with Crippen molar-refractivity contribution in [1.82, 2.24) is 24.6 Å². The van der Waals surface area contributed by atoms with Gasteiger partial charge in [0.15, 0.2) is 0 Å². The average Bonchev–Trinajstić information content (AvgIpc) is 3.23. The molecule has 6 heteroatoms. The number of benzene rings is 1. The Kier molecular flexibility index (Phi) is 7.80. The zero-order valence-corrected chi connectivity index (χ0v) is 20.1. The number of pyridine rings is 2. The number of piperidine rings is 1. The predicted octanol–water partition coefficient (Wildman–Crippen LogP) is 5.24. The summed E-state index contributed by atoms with van der Waals surface area (Å²) in [5.41, 5.74) is 4.11. The van der Waals surface area contributed by atoms with Gasteiger partial charge in [-0.2, -0.15) is 5.10 Å². The second-order valence-corrected chi connectivity index (χ2v) is 7.70. The van der Waals surface area contributed by atoms with Gasteiger partial charge in [0, 0.05) is 42.6 Å². The van der Waals surface area contributed by atoms with E-state index >= 15 is 0 Å². The van der Waals surface area contributed by atoms with Crippen LogP contribution in [0.15, 0.2) is 47.7 Å².